The molecule has 0 N–H and O–H groups in total. The van der Waals surface area contributed by atoms with E-state index in [0.717, 1.165) is 17.1 Å². The van der Waals surface area contributed by atoms with Crippen molar-refractivity contribution in [3.8, 4) is 27.9 Å². The molecule has 11 aromatic rings. The molecule has 0 saturated carbocycles. The Labute approximate surface area is 364 Å². The second-order valence-electron chi connectivity index (χ2n) is 19.0. The lowest BCUT2D eigenvalue weighted by molar-refractivity contribution is 0.590. The predicted octanol–water partition coefficient (Wildman–Crippen LogP) is 17.1. The highest BCUT2D eigenvalue weighted by Gasteiger charge is 2.25. The fourth-order valence-corrected chi connectivity index (χ4v) is 9.84. The number of nitrogens with zero attached hydrogens (tertiary/aromatic N) is 2. The van der Waals surface area contributed by atoms with Crippen molar-refractivity contribution in [2.75, 3.05) is 4.90 Å². The van der Waals surface area contributed by atoms with Gasteiger partial charge in [-0.2, -0.15) is 0 Å². The molecule has 10 aromatic carbocycles. The summed E-state index contributed by atoms with van der Waals surface area (Å²) in [4.78, 5) is 2.47. The molecule has 1 aromatic heterocycles. The van der Waals surface area contributed by atoms with Gasteiger partial charge in [-0.15, -0.1) is 0 Å². The van der Waals surface area contributed by atoms with Crippen LogP contribution >= 0.6 is 0 Å². The molecule has 1 heterocycles. The van der Waals surface area contributed by atoms with Gasteiger partial charge < -0.3 is 9.47 Å². The third kappa shape index (κ3) is 6.08. The van der Waals surface area contributed by atoms with Gasteiger partial charge in [-0.3, -0.25) is 0 Å². The molecule has 0 aliphatic rings. The number of aromatic nitrogens is 1. The van der Waals surface area contributed by atoms with Gasteiger partial charge in [-0.05, 0) is 115 Å². The van der Waals surface area contributed by atoms with Crippen LogP contribution in [0.5, 0.6) is 0 Å². The summed E-state index contributed by atoms with van der Waals surface area (Å²) in [5.74, 6) is 0. The van der Waals surface area contributed by atoms with E-state index >= 15 is 0 Å². The average Bonchev–Trinajstić information content (AvgIpc) is 3.62. The Balaban J connectivity index is 1.17. The Hall–Kier alpha value is -7.16. The first-order chi connectivity index (χ1) is 30.0. The number of fused-ring (bicyclic) bond motifs is 3. The number of rotatable bonds is 6. The van der Waals surface area contributed by atoms with Crippen LogP contribution in [0.2, 0.25) is 0 Å². The molecule has 2 heteroatoms. The quantitative estimate of drug-likeness (QED) is 0.152. The van der Waals surface area contributed by atoms with Gasteiger partial charge in [0.1, 0.15) is 0 Å². The largest absolute Gasteiger partial charge is 0.309 e. The van der Waals surface area contributed by atoms with E-state index in [1.165, 1.54) is 93.2 Å². The van der Waals surface area contributed by atoms with E-state index < -0.39 is 0 Å². The maximum absolute atomic E-state index is 2.52. The van der Waals surface area contributed by atoms with Crippen LogP contribution in [0, 0.1) is 0 Å². The highest BCUT2D eigenvalue weighted by Crippen LogP contribution is 2.49. The average molecular weight is 799 g/mol. The molecule has 0 fully saturated rings. The van der Waals surface area contributed by atoms with Gasteiger partial charge in [0, 0.05) is 32.8 Å². The molecule has 0 radical (unpaired) electrons. The molecular weight excluding hydrogens is 749 g/mol. The molecule has 0 aliphatic carbocycles. The molecule has 0 bridgehead atoms. The highest BCUT2D eigenvalue weighted by molar-refractivity contribution is 6.27. The van der Waals surface area contributed by atoms with E-state index in [0.29, 0.717) is 0 Å². The van der Waals surface area contributed by atoms with Crippen molar-refractivity contribution in [2.45, 2.75) is 52.4 Å². The summed E-state index contributed by atoms with van der Waals surface area (Å²) >= 11 is 0. The van der Waals surface area contributed by atoms with Crippen molar-refractivity contribution >= 4 is 71.2 Å². The predicted molar refractivity (Wildman–Crippen MR) is 267 cm³/mol. The van der Waals surface area contributed by atoms with Crippen LogP contribution in [0.15, 0.2) is 194 Å². The third-order valence-electron chi connectivity index (χ3n) is 13.1. The minimum atomic E-state index is 0.0361. The zero-order chi connectivity index (χ0) is 42.3. The maximum atomic E-state index is 2.52. The first-order valence-electron chi connectivity index (χ1n) is 21.9. The standard InChI is InChI=1S/C60H50N2/c1-59(2,3)42-29-35-55-50(37-42)51-38-43(60(4,5)6)30-36-56(51)62(55)54-34-28-41-25-31-48-53(33-27-40-26-32-49(54)58(41)57(40)48)61(44-19-11-8-12-20-44)52-24-16-15-23-47(52)46-22-14-13-21-45(46)39-17-9-7-10-18-39/h7-38H,1-6H3. The van der Waals surface area contributed by atoms with E-state index in [9.17, 15) is 0 Å². The zero-order valence-electron chi connectivity index (χ0n) is 36.4. The summed E-state index contributed by atoms with van der Waals surface area (Å²) < 4.78 is 2.52. The van der Waals surface area contributed by atoms with Gasteiger partial charge in [-0.1, -0.05) is 181 Å². The molecule has 11 rings (SSSR count). The summed E-state index contributed by atoms with van der Waals surface area (Å²) in [5.41, 5.74) is 14.6. The van der Waals surface area contributed by atoms with Crippen LogP contribution in [0.1, 0.15) is 52.7 Å². The Kier molecular flexibility index (Phi) is 8.67. The summed E-state index contributed by atoms with van der Waals surface area (Å²) in [6.07, 6.45) is 0. The van der Waals surface area contributed by atoms with Crippen molar-refractivity contribution in [1.29, 1.82) is 0 Å². The van der Waals surface area contributed by atoms with Gasteiger partial charge in [0.15, 0.2) is 0 Å². The van der Waals surface area contributed by atoms with Crippen LogP contribution in [0.3, 0.4) is 0 Å². The maximum Gasteiger partial charge on any atom is 0.0541 e. The fourth-order valence-electron chi connectivity index (χ4n) is 9.84. The van der Waals surface area contributed by atoms with Crippen molar-refractivity contribution in [1.82, 2.24) is 4.57 Å². The lowest BCUT2D eigenvalue weighted by Gasteiger charge is -2.30. The van der Waals surface area contributed by atoms with Crippen LogP contribution in [0.25, 0.3) is 82.1 Å². The van der Waals surface area contributed by atoms with Gasteiger partial charge in [0.05, 0.1) is 28.1 Å². The Morgan fingerprint density at radius 2 is 0.871 bits per heavy atom. The van der Waals surface area contributed by atoms with Gasteiger partial charge in [0.25, 0.3) is 0 Å². The molecule has 0 spiro atoms. The third-order valence-corrected chi connectivity index (χ3v) is 13.1. The van der Waals surface area contributed by atoms with Crippen molar-refractivity contribution in [3.05, 3.63) is 205 Å². The van der Waals surface area contributed by atoms with Crippen molar-refractivity contribution in [3.63, 3.8) is 0 Å². The first-order valence-corrected chi connectivity index (χ1v) is 21.9. The van der Waals surface area contributed by atoms with Gasteiger partial charge in [-0.25, -0.2) is 0 Å². The molecule has 62 heavy (non-hydrogen) atoms. The van der Waals surface area contributed by atoms with Gasteiger partial charge in [0.2, 0.25) is 0 Å². The van der Waals surface area contributed by atoms with Crippen LogP contribution < -0.4 is 4.90 Å². The molecule has 0 atom stereocenters. The van der Waals surface area contributed by atoms with Crippen LogP contribution in [-0.2, 0) is 10.8 Å². The molecular formula is C60H50N2. The zero-order valence-corrected chi connectivity index (χ0v) is 36.4. The summed E-state index contributed by atoms with van der Waals surface area (Å²) in [5, 5.41) is 10.1. The lowest BCUT2D eigenvalue weighted by Crippen LogP contribution is -2.12. The minimum Gasteiger partial charge on any atom is -0.309 e. The normalized spacial score (nSPS) is 12.4. The summed E-state index contributed by atoms with van der Waals surface area (Å²) in [6, 6.07) is 72.2. The molecule has 300 valence electrons. The van der Waals surface area contributed by atoms with Crippen molar-refractivity contribution < 1.29 is 0 Å². The van der Waals surface area contributed by atoms with Gasteiger partial charge >= 0.3 is 0 Å². The summed E-state index contributed by atoms with van der Waals surface area (Å²) in [6.45, 7) is 13.9. The number of para-hydroxylation sites is 2. The lowest BCUT2D eigenvalue weighted by atomic mass is 9.85. The van der Waals surface area contributed by atoms with Crippen LogP contribution in [0.4, 0.5) is 17.1 Å². The van der Waals surface area contributed by atoms with E-state index in [-0.39, 0.29) is 10.8 Å². The number of hydrogen-bond donors (Lipinski definition) is 0. The topological polar surface area (TPSA) is 8.17 Å². The fraction of sp³-hybridized carbons (Fsp3) is 0.133. The highest BCUT2D eigenvalue weighted by atomic mass is 15.1. The molecule has 0 aliphatic heterocycles. The van der Waals surface area contributed by atoms with E-state index in [1.807, 2.05) is 0 Å². The smallest absolute Gasteiger partial charge is 0.0541 e. The molecule has 2 nitrogen and oxygen atoms in total. The van der Waals surface area contributed by atoms with Crippen LogP contribution in [-0.4, -0.2) is 4.57 Å². The van der Waals surface area contributed by atoms with E-state index in [2.05, 4.69) is 245 Å². The second kappa shape index (κ2) is 14.2. The summed E-state index contributed by atoms with van der Waals surface area (Å²) in [7, 11) is 0. The monoisotopic (exact) mass is 798 g/mol. The Morgan fingerprint density at radius 3 is 1.50 bits per heavy atom. The molecule has 0 saturated heterocycles. The Bertz CT molecular complexity index is 3400. The molecule has 0 amide bonds. The number of anilines is 3. The van der Waals surface area contributed by atoms with E-state index in [1.54, 1.807) is 0 Å². The van der Waals surface area contributed by atoms with E-state index in [4.69, 9.17) is 0 Å². The first kappa shape index (κ1) is 37.8. The Morgan fingerprint density at radius 1 is 0.371 bits per heavy atom. The van der Waals surface area contributed by atoms with Crippen molar-refractivity contribution in [2.24, 2.45) is 0 Å². The molecule has 0 unspecified atom stereocenters. The number of hydrogen-bond acceptors (Lipinski definition) is 1. The number of benzene rings is 10. The minimum absolute atomic E-state index is 0.0361. The SMILES string of the molecule is CC(C)(C)c1ccc2c(c1)c1cc(C(C)(C)C)ccc1n2-c1ccc2ccc3c(N(c4ccccc4)c4ccccc4-c4ccccc4-c4ccccc4)ccc4ccc1c2c43. The second-order valence-corrected chi connectivity index (χ2v) is 19.0.